The molecule has 2 heterocycles. The van der Waals surface area contributed by atoms with Gasteiger partial charge in [0.05, 0.1) is 11.2 Å². The Morgan fingerprint density at radius 1 is 1.40 bits per heavy atom. The van der Waals surface area contributed by atoms with Gasteiger partial charge in [0, 0.05) is 17.1 Å². The average molecular weight is 267 g/mol. The third-order valence-corrected chi connectivity index (χ3v) is 2.92. The Kier molecular flexibility index (Phi) is 2.83. The van der Waals surface area contributed by atoms with Gasteiger partial charge in [0.1, 0.15) is 5.82 Å². The maximum atomic E-state index is 4.61. The monoisotopic (exact) mass is 266 g/mol. The van der Waals surface area contributed by atoms with Crippen LogP contribution in [-0.2, 0) is 6.42 Å². The fourth-order valence-electron chi connectivity index (χ4n) is 1.80. The molecule has 0 saturated carbocycles. The molecule has 0 unspecified atom stereocenters. The Morgan fingerprint density at radius 2 is 2.13 bits per heavy atom. The first-order chi connectivity index (χ1) is 7.08. The van der Waals surface area contributed by atoms with Crippen LogP contribution in [0.5, 0.6) is 0 Å². The minimum Gasteiger partial charge on any atom is -0.302 e. The zero-order chi connectivity index (χ0) is 11.0. The van der Waals surface area contributed by atoms with E-state index in [0.717, 1.165) is 22.4 Å². The molecule has 0 aliphatic carbocycles. The highest BCUT2D eigenvalue weighted by atomic mass is 79.9. The lowest BCUT2D eigenvalue weighted by atomic mass is 10.1. The van der Waals surface area contributed by atoms with Gasteiger partial charge in [-0.25, -0.2) is 4.98 Å². The molecule has 0 aliphatic rings. The SMILES string of the molecule is Cc1nc(CC(C)C)n2cc(Br)ccc12. The van der Waals surface area contributed by atoms with E-state index in [1.807, 2.05) is 0 Å². The molecule has 0 amide bonds. The minimum absolute atomic E-state index is 0.633. The summed E-state index contributed by atoms with van der Waals surface area (Å²) in [6, 6.07) is 4.17. The summed E-state index contributed by atoms with van der Waals surface area (Å²) in [5, 5.41) is 0. The first-order valence-corrected chi connectivity index (χ1v) is 6.00. The smallest absolute Gasteiger partial charge is 0.113 e. The fraction of sp³-hybridized carbons (Fsp3) is 0.417. The standard InChI is InChI=1S/C12H15BrN2/c1-8(2)6-12-14-9(3)11-5-4-10(13)7-15(11)12/h4-5,7-8H,6H2,1-3H3. The van der Waals surface area contributed by atoms with Crippen molar-refractivity contribution in [1.29, 1.82) is 0 Å². The van der Waals surface area contributed by atoms with Gasteiger partial charge in [-0.2, -0.15) is 0 Å². The quantitative estimate of drug-likeness (QED) is 0.812. The van der Waals surface area contributed by atoms with E-state index < -0.39 is 0 Å². The predicted octanol–water partition coefficient (Wildman–Crippen LogP) is 3.60. The summed E-state index contributed by atoms with van der Waals surface area (Å²) in [6.45, 7) is 6.50. The van der Waals surface area contributed by atoms with Crippen molar-refractivity contribution in [3.63, 3.8) is 0 Å². The van der Waals surface area contributed by atoms with Crippen LogP contribution in [0.25, 0.3) is 5.52 Å². The molecule has 3 heteroatoms. The highest BCUT2D eigenvalue weighted by Crippen LogP contribution is 2.18. The first kappa shape index (κ1) is 10.7. The van der Waals surface area contributed by atoms with Crippen LogP contribution in [0.2, 0.25) is 0 Å². The third kappa shape index (κ3) is 2.07. The van der Waals surface area contributed by atoms with Gasteiger partial charge in [-0.3, -0.25) is 0 Å². The molecule has 15 heavy (non-hydrogen) atoms. The molecule has 0 atom stereocenters. The molecule has 2 rings (SSSR count). The summed E-state index contributed by atoms with van der Waals surface area (Å²) in [7, 11) is 0. The molecule has 0 fully saturated rings. The number of fused-ring (bicyclic) bond motifs is 1. The Morgan fingerprint density at radius 3 is 2.80 bits per heavy atom. The van der Waals surface area contributed by atoms with Gasteiger partial charge in [0.15, 0.2) is 0 Å². The second-order valence-corrected chi connectivity index (χ2v) is 5.23. The molecule has 0 N–H and O–H groups in total. The molecular formula is C12H15BrN2. The van der Waals surface area contributed by atoms with Gasteiger partial charge < -0.3 is 4.40 Å². The van der Waals surface area contributed by atoms with Crippen molar-refractivity contribution in [2.24, 2.45) is 5.92 Å². The van der Waals surface area contributed by atoms with Gasteiger partial charge in [0.2, 0.25) is 0 Å². The Balaban J connectivity index is 2.59. The first-order valence-electron chi connectivity index (χ1n) is 5.21. The van der Waals surface area contributed by atoms with E-state index in [4.69, 9.17) is 0 Å². The maximum Gasteiger partial charge on any atom is 0.113 e. The molecule has 0 bridgehead atoms. The topological polar surface area (TPSA) is 17.3 Å². The van der Waals surface area contributed by atoms with E-state index in [0.29, 0.717) is 5.92 Å². The fourth-order valence-corrected chi connectivity index (χ4v) is 2.13. The summed E-state index contributed by atoms with van der Waals surface area (Å²) < 4.78 is 3.27. The molecule has 2 aromatic rings. The zero-order valence-electron chi connectivity index (χ0n) is 9.29. The van der Waals surface area contributed by atoms with Crippen LogP contribution >= 0.6 is 15.9 Å². The number of nitrogens with zero attached hydrogens (tertiary/aromatic N) is 2. The van der Waals surface area contributed by atoms with Crippen LogP contribution in [0.3, 0.4) is 0 Å². The van der Waals surface area contributed by atoms with Crippen LogP contribution in [-0.4, -0.2) is 9.38 Å². The van der Waals surface area contributed by atoms with Crippen LogP contribution in [0.1, 0.15) is 25.4 Å². The molecule has 2 aromatic heterocycles. The molecule has 80 valence electrons. The van der Waals surface area contributed by atoms with E-state index in [1.165, 1.54) is 5.52 Å². The average Bonchev–Trinajstić information content (AvgIpc) is 2.42. The van der Waals surface area contributed by atoms with Crippen molar-refractivity contribution in [1.82, 2.24) is 9.38 Å². The van der Waals surface area contributed by atoms with E-state index in [1.54, 1.807) is 0 Å². The number of hydrogen-bond acceptors (Lipinski definition) is 1. The number of aryl methyl sites for hydroxylation is 1. The van der Waals surface area contributed by atoms with Crippen molar-refractivity contribution in [2.45, 2.75) is 27.2 Å². The Bertz CT molecular complexity index is 486. The summed E-state index contributed by atoms with van der Waals surface area (Å²) in [6.07, 6.45) is 3.11. The number of hydrogen-bond donors (Lipinski definition) is 0. The van der Waals surface area contributed by atoms with Crippen molar-refractivity contribution >= 4 is 21.4 Å². The lowest BCUT2D eigenvalue weighted by Crippen LogP contribution is -2.00. The zero-order valence-corrected chi connectivity index (χ0v) is 10.9. The molecule has 0 aliphatic heterocycles. The molecule has 0 spiro atoms. The Hall–Kier alpha value is -0.830. The van der Waals surface area contributed by atoms with Crippen molar-refractivity contribution in [3.05, 3.63) is 34.3 Å². The molecule has 0 aromatic carbocycles. The van der Waals surface area contributed by atoms with Gasteiger partial charge in [-0.05, 0) is 40.9 Å². The summed E-state index contributed by atoms with van der Waals surface area (Å²) in [4.78, 5) is 4.61. The minimum atomic E-state index is 0.633. The summed E-state index contributed by atoms with van der Waals surface area (Å²) in [5.74, 6) is 1.78. The van der Waals surface area contributed by atoms with Gasteiger partial charge >= 0.3 is 0 Å². The molecule has 0 saturated heterocycles. The van der Waals surface area contributed by atoms with E-state index in [2.05, 4.69) is 64.4 Å². The Labute approximate surface area is 98.5 Å². The van der Waals surface area contributed by atoms with E-state index in [9.17, 15) is 0 Å². The normalized spacial score (nSPS) is 11.5. The third-order valence-electron chi connectivity index (χ3n) is 2.45. The number of halogens is 1. The van der Waals surface area contributed by atoms with Crippen molar-refractivity contribution in [2.75, 3.05) is 0 Å². The largest absolute Gasteiger partial charge is 0.302 e. The van der Waals surface area contributed by atoms with Gasteiger partial charge in [-0.1, -0.05) is 13.8 Å². The maximum absolute atomic E-state index is 4.61. The van der Waals surface area contributed by atoms with Crippen LogP contribution in [0.4, 0.5) is 0 Å². The molecule has 0 radical (unpaired) electrons. The number of imidazole rings is 1. The van der Waals surface area contributed by atoms with E-state index >= 15 is 0 Å². The lowest BCUT2D eigenvalue weighted by molar-refractivity contribution is 0.618. The highest BCUT2D eigenvalue weighted by Gasteiger charge is 2.09. The van der Waals surface area contributed by atoms with Crippen LogP contribution in [0, 0.1) is 12.8 Å². The molecule has 2 nitrogen and oxygen atoms in total. The number of pyridine rings is 1. The second-order valence-electron chi connectivity index (χ2n) is 4.31. The van der Waals surface area contributed by atoms with E-state index in [-0.39, 0.29) is 0 Å². The molecular weight excluding hydrogens is 252 g/mol. The van der Waals surface area contributed by atoms with Crippen molar-refractivity contribution in [3.8, 4) is 0 Å². The van der Waals surface area contributed by atoms with Crippen LogP contribution in [0.15, 0.2) is 22.8 Å². The lowest BCUT2D eigenvalue weighted by Gasteiger charge is -2.04. The van der Waals surface area contributed by atoms with Crippen LogP contribution < -0.4 is 0 Å². The number of rotatable bonds is 2. The summed E-state index contributed by atoms with van der Waals surface area (Å²) >= 11 is 3.49. The van der Waals surface area contributed by atoms with Gasteiger partial charge in [0.25, 0.3) is 0 Å². The second kappa shape index (κ2) is 3.97. The number of aromatic nitrogens is 2. The highest BCUT2D eigenvalue weighted by molar-refractivity contribution is 9.10. The van der Waals surface area contributed by atoms with Crippen molar-refractivity contribution < 1.29 is 0 Å². The predicted molar refractivity (Wildman–Crippen MR) is 66.2 cm³/mol. The summed E-state index contributed by atoms with van der Waals surface area (Å²) in [5.41, 5.74) is 2.31. The van der Waals surface area contributed by atoms with Gasteiger partial charge in [-0.15, -0.1) is 0 Å².